The van der Waals surface area contributed by atoms with Gasteiger partial charge in [-0.25, -0.2) is 0 Å². The van der Waals surface area contributed by atoms with Gasteiger partial charge >= 0.3 is 0 Å². The number of hydrogen-bond acceptors (Lipinski definition) is 4. The number of aliphatic hydroxyl groups is 1. The van der Waals surface area contributed by atoms with Gasteiger partial charge in [-0.05, 0) is 38.7 Å². The number of carbonyl (C=O) groups excluding carboxylic acids is 2. The van der Waals surface area contributed by atoms with Crippen LogP contribution in [0.3, 0.4) is 0 Å². The standard InChI is InChI=1S/C24H25N3O3/c1-26(2)13-8-14-27-21(16-9-4-3-5-10-16)20(23(29)24(27)30)22(28)18-15-25-19-12-7-6-11-17(18)19/h3-7,9-12,15,21,25,28H,8,13-14H2,1-2H3. The number of amides is 1. The van der Waals surface area contributed by atoms with Crippen LogP contribution in [0.25, 0.3) is 16.7 Å². The number of rotatable bonds is 6. The highest BCUT2D eigenvalue weighted by Gasteiger charge is 2.45. The fraction of sp³-hybridized carbons (Fsp3) is 0.250. The van der Waals surface area contributed by atoms with E-state index in [9.17, 15) is 14.7 Å². The van der Waals surface area contributed by atoms with Crippen LogP contribution in [-0.4, -0.2) is 58.8 Å². The molecular formula is C24H25N3O3. The minimum absolute atomic E-state index is 0.140. The third kappa shape index (κ3) is 3.50. The van der Waals surface area contributed by atoms with Gasteiger partial charge in [0.25, 0.3) is 11.7 Å². The van der Waals surface area contributed by atoms with E-state index in [4.69, 9.17) is 0 Å². The Morgan fingerprint density at radius 1 is 1.07 bits per heavy atom. The normalized spacial score (nSPS) is 18.6. The number of aromatic nitrogens is 1. The van der Waals surface area contributed by atoms with Crippen molar-refractivity contribution in [3.63, 3.8) is 0 Å². The summed E-state index contributed by atoms with van der Waals surface area (Å²) in [6.07, 6.45) is 2.41. The lowest BCUT2D eigenvalue weighted by molar-refractivity contribution is -0.139. The van der Waals surface area contributed by atoms with Crippen molar-refractivity contribution in [1.29, 1.82) is 0 Å². The number of benzene rings is 2. The van der Waals surface area contributed by atoms with E-state index < -0.39 is 17.7 Å². The number of fused-ring (bicyclic) bond motifs is 1. The number of likely N-dealkylation sites (tertiary alicyclic amines) is 1. The Hall–Kier alpha value is -3.38. The number of hydrogen-bond donors (Lipinski definition) is 2. The van der Waals surface area contributed by atoms with Gasteiger partial charge in [0.15, 0.2) is 0 Å². The van der Waals surface area contributed by atoms with Gasteiger partial charge < -0.3 is 19.9 Å². The third-order valence-electron chi connectivity index (χ3n) is 5.50. The number of carbonyl (C=O) groups is 2. The summed E-state index contributed by atoms with van der Waals surface area (Å²) in [7, 11) is 3.94. The summed E-state index contributed by atoms with van der Waals surface area (Å²) in [5, 5.41) is 12.0. The molecule has 1 saturated heterocycles. The Labute approximate surface area is 175 Å². The second-order valence-electron chi connectivity index (χ2n) is 7.81. The van der Waals surface area contributed by atoms with E-state index in [0.29, 0.717) is 12.1 Å². The van der Waals surface area contributed by atoms with Crippen LogP contribution in [0.1, 0.15) is 23.6 Å². The van der Waals surface area contributed by atoms with Gasteiger partial charge in [0.2, 0.25) is 0 Å². The van der Waals surface area contributed by atoms with Crippen LogP contribution < -0.4 is 0 Å². The molecule has 1 aromatic heterocycles. The minimum atomic E-state index is -0.642. The van der Waals surface area contributed by atoms with Crippen molar-refractivity contribution in [2.45, 2.75) is 12.5 Å². The zero-order valence-electron chi connectivity index (χ0n) is 17.1. The van der Waals surface area contributed by atoms with Gasteiger partial charge in [-0.1, -0.05) is 48.5 Å². The Balaban J connectivity index is 1.83. The molecule has 3 aromatic rings. The summed E-state index contributed by atoms with van der Waals surface area (Å²) in [5.41, 5.74) is 2.33. The molecule has 1 unspecified atom stereocenters. The maximum absolute atomic E-state index is 13.0. The Morgan fingerprint density at radius 2 is 1.77 bits per heavy atom. The van der Waals surface area contributed by atoms with Crippen molar-refractivity contribution in [3.8, 4) is 0 Å². The fourth-order valence-corrected chi connectivity index (χ4v) is 4.06. The second-order valence-corrected chi connectivity index (χ2v) is 7.81. The largest absolute Gasteiger partial charge is 0.507 e. The van der Waals surface area contributed by atoms with Crippen LogP contribution in [0.5, 0.6) is 0 Å². The number of H-pyrrole nitrogens is 1. The predicted octanol–water partition coefficient (Wildman–Crippen LogP) is 3.54. The zero-order chi connectivity index (χ0) is 21.3. The molecule has 6 heteroatoms. The lowest BCUT2D eigenvalue weighted by atomic mass is 9.95. The molecule has 1 aliphatic rings. The molecule has 0 aliphatic carbocycles. The first-order valence-electron chi connectivity index (χ1n) is 10.0. The lowest BCUT2D eigenvalue weighted by Gasteiger charge is -2.25. The van der Waals surface area contributed by atoms with Crippen molar-refractivity contribution in [2.75, 3.05) is 27.2 Å². The summed E-state index contributed by atoms with van der Waals surface area (Å²) in [6, 6.07) is 16.4. The quantitative estimate of drug-likeness (QED) is 0.375. The van der Waals surface area contributed by atoms with Crippen molar-refractivity contribution in [3.05, 3.63) is 77.5 Å². The molecule has 2 aromatic carbocycles. The Morgan fingerprint density at radius 3 is 2.50 bits per heavy atom. The van der Waals surface area contributed by atoms with E-state index in [-0.39, 0.29) is 11.3 Å². The second kappa shape index (κ2) is 8.16. The van der Waals surface area contributed by atoms with Gasteiger partial charge in [-0.15, -0.1) is 0 Å². The molecule has 2 heterocycles. The van der Waals surface area contributed by atoms with E-state index >= 15 is 0 Å². The number of aliphatic hydroxyl groups excluding tert-OH is 1. The van der Waals surface area contributed by atoms with Crippen LogP contribution in [-0.2, 0) is 9.59 Å². The molecule has 0 spiro atoms. The molecule has 1 amide bonds. The highest BCUT2D eigenvalue weighted by molar-refractivity contribution is 6.46. The maximum atomic E-state index is 13.0. The molecule has 1 fully saturated rings. The van der Waals surface area contributed by atoms with Crippen LogP contribution in [0.4, 0.5) is 0 Å². The summed E-state index contributed by atoms with van der Waals surface area (Å²) in [5.74, 6) is -1.35. The molecule has 4 rings (SSSR count). The average molecular weight is 403 g/mol. The first-order chi connectivity index (χ1) is 14.5. The highest BCUT2D eigenvalue weighted by atomic mass is 16.3. The van der Waals surface area contributed by atoms with Crippen LogP contribution in [0.15, 0.2) is 66.4 Å². The molecule has 0 radical (unpaired) electrons. The molecular weight excluding hydrogens is 378 g/mol. The van der Waals surface area contributed by atoms with E-state index in [1.165, 1.54) is 0 Å². The van der Waals surface area contributed by atoms with Crippen molar-refractivity contribution in [1.82, 2.24) is 14.8 Å². The summed E-state index contributed by atoms with van der Waals surface area (Å²) >= 11 is 0. The molecule has 30 heavy (non-hydrogen) atoms. The molecule has 2 N–H and O–H groups in total. The van der Waals surface area contributed by atoms with Gasteiger partial charge in [0.05, 0.1) is 11.6 Å². The summed E-state index contributed by atoms with van der Waals surface area (Å²) < 4.78 is 0. The molecule has 0 bridgehead atoms. The minimum Gasteiger partial charge on any atom is -0.507 e. The van der Waals surface area contributed by atoms with Crippen molar-refractivity contribution in [2.24, 2.45) is 0 Å². The van der Waals surface area contributed by atoms with Crippen LogP contribution in [0.2, 0.25) is 0 Å². The zero-order valence-corrected chi connectivity index (χ0v) is 17.1. The fourth-order valence-electron chi connectivity index (χ4n) is 4.06. The smallest absolute Gasteiger partial charge is 0.295 e. The van der Waals surface area contributed by atoms with Crippen molar-refractivity contribution >= 4 is 28.4 Å². The number of nitrogens with zero attached hydrogens (tertiary/aromatic N) is 2. The lowest BCUT2D eigenvalue weighted by Crippen LogP contribution is -2.32. The number of nitrogens with one attached hydrogen (secondary N) is 1. The predicted molar refractivity (Wildman–Crippen MR) is 117 cm³/mol. The molecule has 154 valence electrons. The van der Waals surface area contributed by atoms with E-state index in [0.717, 1.165) is 29.4 Å². The molecule has 0 saturated carbocycles. The van der Waals surface area contributed by atoms with Crippen LogP contribution >= 0.6 is 0 Å². The number of aromatic amines is 1. The van der Waals surface area contributed by atoms with Gasteiger partial charge in [0, 0.05) is 29.2 Å². The Kier molecular flexibility index (Phi) is 5.42. The van der Waals surface area contributed by atoms with E-state index in [1.807, 2.05) is 73.6 Å². The molecule has 1 atom stereocenters. The number of para-hydroxylation sites is 1. The third-order valence-corrected chi connectivity index (χ3v) is 5.50. The maximum Gasteiger partial charge on any atom is 0.295 e. The number of ketones is 1. The van der Waals surface area contributed by atoms with Gasteiger partial charge in [-0.3, -0.25) is 9.59 Å². The SMILES string of the molecule is CN(C)CCCN1C(=O)C(=O)C(=C(O)c2c[nH]c3ccccc23)C1c1ccccc1. The van der Waals surface area contributed by atoms with Gasteiger partial charge in [0.1, 0.15) is 5.76 Å². The van der Waals surface area contributed by atoms with E-state index in [1.54, 1.807) is 11.1 Å². The topological polar surface area (TPSA) is 76.6 Å². The van der Waals surface area contributed by atoms with Crippen LogP contribution in [0, 0.1) is 0 Å². The first-order valence-corrected chi connectivity index (χ1v) is 10.0. The van der Waals surface area contributed by atoms with E-state index in [2.05, 4.69) is 4.98 Å². The molecule has 6 nitrogen and oxygen atoms in total. The first kappa shape index (κ1) is 19.9. The number of Topliss-reactive ketones (excluding diaryl/α,β-unsaturated/α-hetero) is 1. The monoisotopic (exact) mass is 403 g/mol. The molecule has 1 aliphatic heterocycles. The highest BCUT2D eigenvalue weighted by Crippen LogP contribution is 2.40. The average Bonchev–Trinajstić information content (AvgIpc) is 3.28. The Bertz CT molecular complexity index is 1110. The summed E-state index contributed by atoms with van der Waals surface area (Å²) in [4.78, 5) is 32.7. The van der Waals surface area contributed by atoms with Crippen molar-refractivity contribution < 1.29 is 14.7 Å². The summed E-state index contributed by atoms with van der Waals surface area (Å²) in [6.45, 7) is 1.24. The van der Waals surface area contributed by atoms with Gasteiger partial charge in [-0.2, -0.15) is 0 Å².